The second-order valence-corrected chi connectivity index (χ2v) is 5.42. The number of Topliss-reactive ketones (excluding diaryl/α,β-unsaturated/α-hetero) is 1. The Bertz CT molecular complexity index is 306. The van der Waals surface area contributed by atoms with Crippen LogP contribution in [-0.4, -0.2) is 19.0 Å². The standard InChI is InChI=1S/C14H22O2S/c1-3-6-12(2)11-16-9-4-7-13(15)14-8-5-10-17-14/h5,8,10,12H,3-4,6-7,9,11H2,1-2H3. The first-order valence-corrected chi connectivity index (χ1v) is 7.26. The van der Waals surface area contributed by atoms with Gasteiger partial charge in [-0.2, -0.15) is 0 Å². The summed E-state index contributed by atoms with van der Waals surface area (Å²) >= 11 is 1.52. The van der Waals surface area contributed by atoms with Gasteiger partial charge in [0.05, 0.1) is 4.88 Å². The minimum absolute atomic E-state index is 0.241. The number of thiophene rings is 1. The minimum Gasteiger partial charge on any atom is -0.381 e. The molecule has 2 nitrogen and oxygen atoms in total. The zero-order chi connectivity index (χ0) is 12.5. The molecule has 0 spiro atoms. The van der Waals surface area contributed by atoms with Crippen LogP contribution >= 0.6 is 11.3 Å². The van der Waals surface area contributed by atoms with Crippen molar-refractivity contribution < 1.29 is 9.53 Å². The van der Waals surface area contributed by atoms with Crippen LogP contribution in [0.25, 0.3) is 0 Å². The first-order chi connectivity index (χ1) is 8.24. The lowest BCUT2D eigenvalue weighted by Crippen LogP contribution is -2.07. The Morgan fingerprint density at radius 3 is 3.00 bits per heavy atom. The van der Waals surface area contributed by atoms with E-state index in [1.807, 2.05) is 17.5 Å². The van der Waals surface area contributed by atoms with Crippen molar-refractivity contribution in [1.29, 1.82) is 0 Å². The Labute approximate surface area is 108 Å². The maximum absolute atomic E-state index is 11.7. The third-order valence-corrected chi connectivity index (χ3v) is 3.58. The van der Waals surface area contributed by atoms with Crippen molar-refractivity contribution in [1.82, 2.24) is 0 Å². The van der Waals surface area contributed by atoms with Gasteiger partial charge in [0, 0.05) is 19.6 Å². The lowest BCUT2D eigenvalue weighted by Gasteiger charge is -2.10. The molecule has 96 valence electrons. The van der Waals surface area contributed by atoms with Gasteiger partial charge in [0.25, 0.3) is 0 Å². The van der Waals surface area contributed by atoms with Crippen LogP contribution in [0, 0.1) is 5.92 Å². The maximum Gasteiger partial charge on any atom is 0.172 e. The van der Waals surface area contributed by atoms with Gasteiger partial charge in [0.2, 0.25) is 0 Å². The quantitative estimate of drug-likeness (QED) is 0.488. The van der Waals surface area contributed by atoms with Crippen molar-refractivity contribution in [3.8, 4) is 0 Å². The summed E-state index contributed by atoms with van der Waals surface area (Å²) < 4.78 is 5.57. The summed E-state index contributed by atoms with van der Waals surface area (Å²) in [5.41, 5.74) is 0. The Hall–Kier alpha value is -0.670. The molecule has 3 heteroatoms. The number of rotatable bonds is 9. The summed E-state index contributed by atoms with van der Waals surface area (Å²) in [6, 6.07) is 3.80. The van der Waals surface area contributed by atoms with Crippen molar-refractivity contribution in [2.24, 2.45) is 5.92 Å². The molecule has 1 aromatic rings. The van der Waals surface area contributed by atoms with Crippen molar-refractivity contribution in [2.75, 3.05) is 13.2 Å². The Morgan fingerprint density at radius 2 is 2.35 bits per heavy atom. The summed E-state index contributed by atoms with van der Waals surface area (Å²) in [4.78, 5) is 12.5. The molecule has 0 saturated heterocycles. The van der Waals surface area contributed by atoms with E-state index in [4.69, 9.17) is 4.74 Å². The Kier molecular flexibility index (Phi) is 7.13. The van der Waals surface area contributed by atoms with Gasteiger partial charge in [-0.3, -0.25) is 4.79 Å². The fourth-order valence-corrected chi connectivity index (χ4v) is 2.45. The van der Waals surface area contributed by atoms with Crippen LogP contribution in [0.15, 0.2) is 17.5 Å². The first kappa shape index (κ1) is 14.4. The second-order valence-electron chi connectivity index (χ2n) is 4.47. The van der Waals surface area contributed by atoms with E-state index in [9.17, 15) is 4.79 Å². The highest BCUT2D eigenvalue weighted by atomic mass is 32.1. The van der Waals surface area contributed by atoms with Crippen LogP contribution in [0.1, 0.15) is 49.2 Å². The second kappa shape index (κ2) is 8.43. The highest BCUT2D eigenvalue weighted by Gasteiger charge is 2.06. The fourth-order valence-electron chi connectivity index (χ4n) is 1.76. The summed E-state index contributed by atoms with van der Waals surface area (Å²) in [7, 11) is 0. The molecule has 0 aromatic carbocycles. The van der Waals surface area contributed by atoms with Crippen LogP contribution < -0.4 is 0 Å². The third kappa shape index (κ3) is 5.99. The number of ketones is 1. The summed E-state index contributed by atoms with van der Waals surface area (Å²) in [5.74, 6) is 0.873. The van der Waals surface area contributed by atoms with Gasteiger partial charge in [-0.1, -0.05) is 26.3 Å². The van der Waals surface area contributed by atoms with E-state index in [-0.39, 0.29) is 5.78 Å². The number of hydrogen-bond donors (Lipinski definition) is 0. The van der Waals surface area contributed by atoms with E-state index in [1.165, 1.54) is 24.2 Å². The van der Waals surface area contributed by atoms with Gasteiger partial charge in [0.15, 0.2) is 5.78 Å². The molecule has 1 atom stereocenters. The number of carbonyl (C=O) groups excluding carboxylic acids is 1. The number of ether oxygens (including phenoxy) is 1. The SMILES string of the molecule is CCCC(C)COCCCC(=O)c1cccs1. The van der Waals surface area contributed by atoms with Gasteiger partial charge < -0.3 is 4.74 Å². The lowest BCUT2D eigenvalue weighted by atomic mass is 10.1. The minimum atomic E-state index is 0.241. The van der Waals surface area contributed by atoms with E-state index in [0.29, 0.717) is 18.9 Å². The predicted octanol–water partition coefficient (Wildman–Crippen LogP) is 4.16. The van der Waals surface area contributed by atoms with E-state index >= 15 is 0 Å². The van der Waals surface area contributed by atoms with Crippen molar-refractivity contribution in [3.63, 3.8) is 0 Å². The van der Waals surface area contributed by atoms with Crippen LogP contribution in [0.2, 0.25) is 0 Å². The molecule has 0 fully saturated rings. The molecule has 0 aliphatic heterocycles. The highest BCUT2D eigenvalue weighted by molar-refractivity contribution is 7.12. The molecule has 17 heavy (non-hydrogen) atoms. The predicted molar refractivity (Wildman–Crippen MR) is 72.8 cm³/mol. The summed E-state index contributed by atoms with van der Waals surface area (Å²) in [5, 5.41) is 1.94. The highest BCUT2D eigenvalue weighted by Crippen LogP contribution is 2.12. The Balaban J connectivity index is 2.03. The molecule has 1 rings (SSSR count). The zero-order valence-corrected chi connectivity index (χ0v) is 11.6. The van der Waals surface area contributed by atoms with E-state index in [0.717, 1.165) is 17.9 Å². The molecule has 0 bridgehead atoms. The third-order valence-electron chi connectivity index (χ3n) is 2.67. The molecular weight excluding hydrogens is 232 g/mol. The molecule has 0 N–H and O–H groups in total. The van der Waals surface area contributed by atoms with Crippen molar-refractivity contribution in [3.05, 3.63) is 22.4 Å². The molecule has 1 heterocycles. The van der Waals surface area contributed by atoms with Gasteiger partial charge in [0.1, 0.15) is 0 Å². The fraction of sp³-hybridized carbons (Fsp3) is 0.643. The molecule has 0 saturated carbocycles. The summed E-state index contributed by atoms with van der Waals surface area (Å²) in [6.45, 7) is 5.92. The Morgan fingerprint density at radius 1 is 1.53 bits per heavy atom. The molecular formula is C14H22O2S. The van der Waals surface area contributed by atoms with E-state index < -0.39 is 0 Å². The van der Waals surface area contributed by atoms with Crippen LogP contribution in [0.3, 0.4) is 0 Å². The van der Waals surface area contributed by atoms with Gasteiger partial charge in [-0.25, -0.2) is 0 Å². The monoisotopic (exact) mass is 254 g/mol. The molecule has 0 aliphatic rings. The molecule has 0 aliphatic carbocycles. The van der Waals surface area contributed by atoms with E-state index in [2.05, 4.69) is 13.8 Å². The van der Waals surface area contributed by atoms with E-state index in [1.54, 1.807) is 0 Å². The average Bonchev–Trinajstić information content (AvgIpc) is 2.82. The topological polar surface area (TPSA) is 26.3 Å². The summed E-state index contributed by atoms with van der Waals surface area (Å²) in [6.07, 6.45) is 3.85. The van der Waals surface area contributed by atoms with Gasteiger partial charge >= 0.3 is 0 Å². The van der Waals surface area contributed by atoms with Gasteiger partial charge in [-0.05, 0) is 30.2 Å². The number of hydrogen-bond acceptors (Lipinski definition) is 3. The molecule has 1 unspecified atom stereocenters. The molecule has 1 aromatic heterocycles. The normalized spacial score (nSPS) is 12.6. The number of carbonyl (C=O) groups is 1. The first-order valence-electron chi connectivity index (χ1n) is 6.38. The molecule has 0 amide bonds. The van der Waals surface area contributed by atoms with Crippen LogP contribution in [-0.2, 0) is 4.74 Å². The lowest BCUT2D eigenvalue weighted by molar-refractivity contribution is 0.0874. The van der Waals surface area contributed by atoms with Crippen LogP contribution in [0.4, 0.5) is 0 Å². The average molecular weight is 254 g/mol. The smallest absolute Gasteiger partial charge is 0.172 e. The molecule has 0 radical (unpaired) electrons. The largest absolute Gasteiger partial charge is 0.381 e. The maximum atomic E-state index is 11.7. The van der Waals surface area contributed by atoms with Crippen LogP contribution in [0.5, 0.6) is 0 Å². The van der Waals surface area contributed by atoms with Crippen molar-refractivity contribution in [2.45, 2.75) is 39.5 Å². The van der Waals surface area contributed by atoms with Gasteiger partial charge in [-0.15, -0.1) is 11.3 Å². The zero-order valence-electron chi connectivity index (χ0n) is 10.8. The van der Waals surface area contributed by atoms with Crippen molar-refractivity contribution >= 4 is 17.1 Å².